The van der Waals surface area contributed by atoms with Gasteiger partial charge in [0.25, 0.3) is 0 Å². The summed E-state index contributed by atoms with van der Waals surface area (Å²) >= 11 is 0. The van der Waals surface area contributed by atoms with Crippen molar-refractivity contribution < 1.29 is 9.90 Å². The molecule has 0 saturated heterocycles. The number of aromatic nitrogens is 2. The fourth-order valence-electron chi connectivity index (χ4n) is 2.14. The Morgan fingerprint density at radius 3 is 1.77 bits per heavy atom. The summed E-state index contributed by atoms with van der Waals surface area (Å²) in [6, 6.07) is 10.0. The number of benzene rings is 1. The third-order valence-corrected chi connectivity index (χ3v) is 3.43. The molecule has 0 aliphatic heterocycles. The molecule has 0 saturated carbocycles. The quantitative estimate of drug-likeness (QED) is 0.525. The Morgan fingerprint density at radius 1 is 0.885 bits per heavy atom. The normalized spacial score (nSPS) is 9.38. The van der Waals surface area contributed by atoms with Crippen LogP contribution in [0.3, 0.4) is 0 Å². The van der Waals surface area contributed by atoms with Crippen LogP contribution in [0.25, 0.3) is 0 Å². The van der Waals surface area contributed by atoms with Crippen molar-refractivity contribution in [2.45, 2.75) is 0 Å². The summed E-state index contributed by atoms with van der Waals surface area (Å²) in [5.41, 5.74) is 8.78. The number of hydrogen-bond acceptors (Lipinski definition) is 4. The summed E-state index contributed by atoms with van der Waals surface area (Å²) in [7, 11) is 0. The number of carboxylic acids is 1. The summed E-state index contributed by atoms with van der Waals surface area (Å²) in [5, 5.41) is 9.34. The van der Waals surface area contributed by atoms with Gasteiger partial charge in [-0.05, 0) is 36.4 Å². The fourth-order valence-corrected chi connectivity index (χ4v) is 2.14. The number of nitrogens with two attached hydrogens (primary N) is 1. The highest BCUT2D eigenvalue weighted by atomic mass is 16.4. The van der Waals surface area contributed by atoms with Crippen LogP contribution in [0.1, 0.15) is 32.6 Å². The van der Waals surface area contributed by atoms with E-state index in [9.17, 15) is 9.90 Å². The van der Waals surface area contributed by atoms with Gasteiger partial charge in [-0.1, -0.05) is 23.7 Å². The first-order valence-electron chi connectivity index (χ1n) is 7.64. The molecule has 124 valence electrons. The number of hydrogen-bond donors (Lipinski definition) is 2. The first-order chi connectivity index (χ1) is 12.6. The van der Waals surface area contributed by atoms with Crippen molar-refractivity contribution in [1.82, 2.24) is 9.97 Å². The molecule has 3 aromatic rings. The Hall–Kier alpha value is -4.09. The summed E-state index contributed by atoms with van der Waals surface area (Å²) in [5.74, 6) is 10.6. The van der Waals surface area contributed by atoms with Crippen molar-refractivity contribution in [2.75, 3.05) is 5.73 Å². The second kappa shape index (κ2) is 7.65. The van der Waals surface area contributed by atoms with Crippen molar-refractivity contribution in [3.63, 3.8) is 0 Å². The molecule has 26 heavy (non-hydrogen) atoms. The van der Waals surface area contributed by atoms with E-state index < -0.39 is 5.97 Å². The molecular formula is C21H13N3O2. The predicted molar refractivity (Wildman–Crippen MR) is 98.2 cm³/mol. The monoisotopic (exact) mass is 339 g/mol. The molecule has 0 radical (unpaired) electrons. The highest BCUT2D eigenvalue weighted by Crippen LogP contribution is 2.19. The minimum absolute atomic E-state index is 0.0742. The van der Waals surface area contributed by atoms with E-state index in [1.807, 2.05) is 0 Å². The van der Waals surface area contributed by atoms with Crippen LogP contribution in [-0.4, -0.2) is 21.0 Å². The maximum absolute atomic E-state index is 11.4. The van der Waals surface area contributed by atoms with E-state index in [-0.39, 0.29) is 5.56 Å². The summed E-state index contributed by atoms with van der Waals surface area (Å²) in [4.78, 5) is 19.4. The lowest BCUT2D eigenvalue weighted by Crippen LogP contribution is -2.02. The Labute approximate surface area is 150 Å². The van der Waals surface area contributed by atoms with Crippen molar-refractivity contribution in [3.05, 3.63) is 89.0 Å². The van der Waals surface area contributed by atoms with Crippen molar-refractivity contribution in [1.29, 1.82) is 0 Å². The van der Waals surface area contributed by atoms with Crippen LogP contribution in [0.15, 0.2) is 61.2 Å². The van der Waals surface area contributed by atoms with E-state index in [2.05, 4.69) is 33.6 Å². The van der Waals surface area contributed by atoms with Crippen LogP contribution < -0.4 is 5.73 Å². The zero-order valence-corrected chi connectivity index (χ0v) is 13.6. The zero-order chi connectivity index (χ0) is 18.4. The maximum atomic E-state index is 11.4. The Bertz CT molecular complexity index is 992. The van der Waals surface area contributed by atoms with Gasteiger partial charge in [-0.3, -0.25) is 9.97 Å². The van der Waals surface area contributed by atoms with E-state index >= 15 is 0 Å². The number of anilines is 1. The molecule has 0 aliphatic rings. The number of carbonyl (C=O) groups is 1. The molecule has 0 atom stereocenters. The first-order valence-corrected chi connectivity index (χ1v) is 7.64. The average molecular weight is 339 g/mol. The van der Waals surface area contributed by atoms with Crippen LogP contribution in [0.2, 0.25) is 0 Å². The van der Waals surface area contributed by atoms with E-state index in [4.69, 9.17) is 5.73 Å². The fraction of sp³-hybridized carbons (Fsp3) is 0. The number of rotatable bonds is 1. The molecule has 0 spiro atoms. The second-order valence-electron chi connectivity index (χ2n) is 5.27. The van der Waals surface area contributed by atoms with Crippen LogP contribution in [0.4, 0.5) is 5.69 Å². The highest BCUT2D eigenvalue weighted by molar-refractivity contribution is 5.90. The Morgan fingerprint density at radius 2 is 1.38 bits per heavy atom. The van der Waals surface area contributed by atoms with Gasteiger partial charge in [0, 0.05) is 47.0 Å². The summed E-state index contributed by atoms with van der Waals surface area (Å²) < 4.78 is 0. The molecule has 3 N–H and O–H groups in total. The second-order valence-corrected chi connectivity index (χ2v) is 5.27. The average Bonchev–Trinajstić information content (AvgIpc) is 2.67. The maximum Gasteiger partial charge on any atom is 0.335 e. The van der Waals surface area contributed by atoms with Gasteiger partial charge in [0.1, 0.15) is 0 Å². The molecule has 0 bridgehead atoms. The third-order valence-electron chi connectivity index (χ3n) is 3.43. The van der Waals surface area contributed by atoms with Gasteiger partial charge in [0.15, 0.2) is 0 Å². The number of carboxylic acid groups (broad SMARTS) is 1. The molecule has 3 rings (SSSR count). The molecule has 2 heterocycles. The lowest BCUT2D eigenvalue weighted by Gasteiger charge is -2.04. The van der Waals surface area contributed by atoms with E-state index in [0.717, 1.165) is 0 Å². The summed E-state index contributed by atoms with van der Waals surface area (Å²) in [6.45, 7) is 0. The van der Waals surface area contributed by atoms with Gasteiger partial charge < -0.3 is 10.8 Å². The van der Waals surface area contributed by atoms with E-state index in [0.29, 0.717) is 27.9 Å². The van der Waals surface area contributed by atoms with E-state index in [1.165, 1.54) is 12.1 Å². The van der Waals surface area contributed by atoms with Gasteiger partial charge in [0.2, 0.25) is 0 Å². The highest BCUT2D eigenvalue weighted by Gasteiger charge is 2.10. The van der Waals surface area contributed by atoms with Gasteiger partial charge in [-0.15, -0.1) is 0 Å². The number of aromatic carboxylic acids is 1. The van der Waals surface area contributed by atoms with Crippen LogP contribution in [-0.2, 0) is 0 Å². The molecule has 0 amide bonds. The first kappa shape index (κ1) is 16.8. The molecule has 5 heteroatoms. The molecular weight excluding hydrogens is 326 g/mol. The standard InChI is InChI=1S/C21H13N3O2/c22-20-17(7-5-15-3-1-9-23-13-15)11-19(21(25)26)12-18(20)8-6-16-4-2-10-24-14-16/h1-4,9-14H,22H2,(H,25,26). The molecule has 0 fully saturated rings. The minimum Gasteiger partial charge on any atom is -0.478 e. The third kappa shape index (κ3) is 4.05. The van der Waals surface area contributed by atoms with Crippen LogP contribution in [0.5, 0.6) is 0 Å². The Balaban J connectivity index is 2.06. The lowest BCUT2D eigenvalue weighted by atomic mass is 10.0. The number of nitrogen functional groups attached to an aromatic ring is 1. The zero-order valence-electron chi connectivity index (χ0n) is 13.6. The molecule has 2 aromatic heterocycles. The van der Waals surface area contributed by atoms with E-state index in [1.54, 1.807) is 49.1 Å². The topological polar surface area (TPSA) is 89.1 Å². The lowest BCUT2D eigenvalue weighted by molar-refractivity contribution is 0.0697. The molecule has 0 aliphatic carbocycles. The minimum atomic E-state index is -1.07. The Kier molecular flexibility index (Phi) is 4.93. The summed E-state index contributed by atoms with van der Waals surface area (Å²) in [6.07, 6.45) is 6.54. The predicted octanol–water partition coefficient (Wildman–Crippen LogP) is 2.56. The largest absolute Gasteiger partial charge is 0.478 e. The smallest absolute Gasteiger partial charge is 0.335 e. The van der Waals surface area contributed by atoms with Crippen molar-refractivity contribution in [3.8, 4) is 23.7 Å². The van der Waals surface area contributed by atoms with Gasteiger partial charge in [-0.2, -0.15) is 0 Å². The van der Waals surface area contributed by atoms with Crippen molar-refractivity contribution >= 4 is 11.7 Å². The van der Waals surface area contributed by atoms with Gasteiger partial charge in [-0.25, -0.2) is 4.79 Å². The van der Waals surface area contributed by atoms with Crippen molar-refractivity contribution in [2.24, 2.45) is 0 Å². The van der Waals surface area contributed by atoms with Crippen LogP contribution in [0, 0.1) is 23.7 Å². The van der Waals surface area contributed by atoms with Gasteiger partial charge in [0.05, 0.1) is 11.3 Å². The molecule has 5 nitrogen and oxygen atoms in total. The SMILES string of the molecule is Nc1c(C#Cc2cccnc2)cc(C(=O)O)cc1C#Cc1cccnc1. The molecule has 0 unspecified atom stereocenters. The number of pyridine rings is 2. The molecule has 1 aromatic carbocycles. The van der Waals surface area contributed by atoms with Gasteiger partial charge >= 0.3 is 5.97 Å². The number of nitrogens with zero attached hydrogens (tertiary/aromatic N) is 2. The van der Waals surface area contributed by atoms with Crippen LogP contribution >= 0.6 is 0 Å².